The highest BCUT2D eigenvalue weighted by molar-refractivity contribution is 5.96. The summed E-state index contributed by atoms with van der Waals surface area (Å²) in [5, 5.41) is 11.0. The molecule has 1 amide bonds. The van der Waals surface area contributed by atoms with Crippen molar-refractivity contribution in [2.45, 2.75) is 32.9 Å². The van der Waals surface area contributed by atoms with Crippen LogP contribution in [-0.2, 0) is 4.79 Å². The summed E-state index contributed by atoms with van der Waals surface area (Å²) in [6, 6.07) is 2.17. The number of carboxylic acid groups (broad SMARTS) is 1. The maximum Gasteiger partial charge on any atom is 0.325 e. The number of hydrogen-bond acceptors (Lipinski definition) is 4. The van der Waals surface area contributed by atoms with E-state index in [2.05, 4.69) is 10.3 Å². The minimum absolute atomic E-state index is 0.00390. The van der Waals surface area contributed by atoms with Crippen molar-refractivity contribution >= 4 is 11.9 Å². The fourth-order valence-electron chi connectivity index (χ4n) is 1.17. The molecule has 0 saturated heterocycles. The van der Waals surface area contributed by atoms with Crippen molar-refractivity contribution < 1.29 is 19.4 Å². The highest BCUT2D eigenvalue weighted by Gasteiger charge is 2.15. The van der Waals surface area contributed by atoms with E-state index in [9.17, 15) is 9.59 Å². The van der Waals surface area contributed by atoms with Crippen molar-refractivity contribution in [3.63, 3.8) is 0 Å². The number of nitrogens with zero attached hydrogens (tertiary/aromatic N) is 1. The molecule has 0 aromatic carbocycles. The Labute approximate surface area is 105 Å². The van der Waals surface area contributed by atoms with Gasteiger partial charge in [-0.25, -0.2) is 4.98 Å². The molecule has 1 atom stereocenters. The maximum atomic E-state index is 11.6. The van der Waals surface area contributed by atoms with Crippen LogP contribution in [0.5, 0.6) is 5.88 Å². The van der Waals surface area contributed by atoms with Crippen LogP contribution in [0, 0.1) is 0 Å². The van der Waals surface area contributed by atoms with Gasteiger partial charge in [0.1, 0.15) is 6.04 Å². The summed E-state index contributed by atoms with van der Waals surface area (Å²) in [4.78, 5) is 26.2. The average Bonchev–Trinajstić information content (AvgIpc) is 2.28. The third-order valence-electron chi connectivity index (χ3n) is 2.07. The number of hydrogen-bond donors (Lipinski definition) is 2. The zero-order valence-electron chi connectivity index (χ0n) is 10.5. The molecule has 98 valence electrons. The predicted molar refractivity (Wildman–Crippen MR) is 64.6 cm³/mol. The van der Waals surface area contributed by atoms with Crippen LogP contribution >= 0.6 is 0 Å². The van der Waals surface area contributed by atoms with E-state index < -0.39 is 17.9 Å². The van der Waals surface area contributed by atoms with Crippen LogP contribution in [-0.4, -0.2) is 34.1 Å². The molecule has 0 radical (unpaired) electrons. The van der Waals surface area contributed by atoms with Crippen LogP contribution in [0.1, 0.15) is 31.1 Å². The maximum absolute atomic E-state index is 11.6. The Kier molecular flexibility index (Phi) is 4.65. The van der Waals surface area contributed by atoms with Crippen LogP contribution in [0.4, 0.5) is 0 Å². The second kappa shape index (κ2) is 6.00. The monoisotopic (exact) mass is 252 g/mol. The van der Waals surface area contributed by atoms with Gasteiger partial charge in [0.25, 0.3) is 5.91 Å². The second-order valence-electron chi connectivity index (χ2n) is 4.09. The van der Waals surface area contributed by atoms with E-state index in [4.69, 9.17) is 9.84 Å². The summed E-state index contributed by atoms with van der Waals surface area (Å²) in [5.41, 5.74) is 0.291. The molecule has 0 fully saturated rings. The van der Waals surface area contributed by atoms with Gasteiger partial charge in [-0.3, -0.25) is 9.59 Å². The summed E-state index contributed by atoms with van der Waals surface area (Å²) < 4.78 is 5.33. The van der Waals surface area contributed by atoms with Crippen molar-refractivity contribution in [1.29, 1.82) is 0 Å². The molecule has 0 spiro atoms. The van der Waals surface area contributed by atoms with Crippen LogP contribution in [0.2, 0.25) is 0 Å². The van der Waals surface area contributed by atoms with E-state index in [1.165, 1.54) is 19.2 Å². The molecule has 0 saturated carbocycles. The Hall–Kier alpha value is -2.11. The summed E-state index contributed by atoms with van der Waals surface area (Å²) in [6.45, 7) is 5.14. The molecule has 6 heteroatoms. The lowest BCUT2D eigenvalue weighted by Gasteiger charge is -2.10. The van der Waals surface area contributed by atoms with Gasteiger partial charge in [0.2, 0.25) is 5.88 Å². The minimum atomic E-state index is -1.09. The van der Waals surface area contributed by atoms with Crippen molar-refractivity contribution in [1.82, 2.24) is 10.3 Å². The zero-order valence-corrected chi connectivity index (χ0v) is 10.5. The Morgan fingerprint density at radius 3 is 2.44 bits per heavy atom. The molecule has 6 nitrogen and oxygen atoms in total. The third-order valence-corrected chi connectivity index (χ3v) is 2.07. The van der Waals surface area contributed by atoms with E-state index in [1.807, 2.05) is 13.8 Å². The van der Waals surface area contributed by atoms with Crippen molar-refractivity contribution in [3.05, 3.63) is 23.9 Å². The second-order valence-corrected chi connectivity index (χ2v) is 4.09. The largest absolute Gasteiger partial charge is 0.480 e. The number of rotatable bonds is 5. The lowest BCUT2D eigenvalue weighted by Crippen LogP contribution is -2.38. The molecule has 18 heavy (non-hydrogen) atoms. The van der Waals surface area contributed by atoms with E-state index in [1.54, 1.807) is 6.07 Å². The van der Waals surface area contributed by atoms with Gasteiger partial charge in [-0.1, -0.05) is 0 Å². The lowest BCUT2D eigenvalue weighted by atomic mass is 10.2. The van der Waals surface area contributed by atoms with Crippen LogP contribution in [0.15, 0.2) is 18.3 Å². The lowest BCUT2D eigenvalue weighted by molar-refractivity contribution is -0.138. The molecular formula is C12H16N2O4. The third kappa shape index (κ3) is 4.04. The van der Waals surface area contributed by atoms with Gasteiger partial charge in [0.15, 0.2) is 0 Å². The SMILES string of the molecule is CC(C)Oc1ccc(C(=O)N[C@H](C)C(=O)O)cn1. The Morgan fingerprint density at radius 2 is 2.00 bits per heavy atom. The Bertz CT molecular complexity index is 428. The topological polar surface area (TPSA) is 88.5 Å². The summed E-state index contributed by atoms with van der Waals surface area (Å²) >= 11 is 0. The molecule has 1 heterocycles. The van der Waals surface area contributed by atoms with Crippen molar-refractivity contribution in [2.24, 2.45) is 0 Å². The minimum Gasteiger partial charge on any atom is -0.480 e. The average molecular weight is 252 g/mol. The normalized spacial score (nSPS) is 12.0. The Balaban J connectivity index is 2.67. The number of amides is 1. The highest BCUT2D eigenvalue weighted by Crippen LogP contribution is 2.09. The molecule has 1 rings (SSSR count). The highest BCUT2D eigenvalue weighted by atomic mass is 16.5. The summed E-state index contributed by atoms with van der Waals surface area (Å²) in [6.07, 6.45) is 1.35. The predicted octanol–water partition coefficient (Wildman–Crippen LogP) is 1.07. The first-order chi connectivity index (χ1) is 8.40. The number of carbonyl (C=O) groups is 2. The molecule has 0 unspecified atom stereocenters. The smallest absolute Gasteiger partial charge is 0.325 e. The van der Waals surface area contributed by atoms with E-state index in [0.717, 1.165) is 0 Å². The molecule has 0 aliphatic heterocycles. The first-order valence-electron chi connectivity index (χ1n) is 5.56. The van der Waals surface area contributed by atoms with E-state index in [0.29, 0.717) is 11.4 Å². The molecule has 0 aliphatic carbocycles. The number of carbonyl (C=O) groups excluding carboxylic acids is 1. The zero-order chi connectivity index (χ0) is 13.7. The van der Waals surface area contributed by atoms with Gasteiger partial charge >= 0.3 is 5.97 Å². The van der Waals surface area contributed by atoms with Gasteiger partial charge in [0.05, 0.1) is 11.7 Å². The standard InChI is InChI=1S/C12H16N2O4/c1-7(2)18-10-5-4-9(6-13-10)11(15)14-8(3)12(16)17/h4-8H,1-3H3,(H,14,15)(H,16,17)/t8-/m1/s1. The molecule has 1 aromatic heterocycles. The van der Waals surface area contributed by atoms with Gasteiger partial charge in [0, 0.05) is 12.3 Å². The van der Waals surface area contributed by atoms with Crippen LogP contribution in [0.25, 0.3) is 0 Å². The quantitative estimate of drug-likeness (QED) is 0.818. The van der Waals surface area contributed by atoms with Crippen molar-refractivity contribution in [3.8, 4) is 5.88 Å². The van der Waals surface area contributed by atoms with E-state index in [-0.39, 0.29) is 6.10 Å². The van der Waals surface area contributed by atoms with Gasteiger partial charge in [-0.2, -0.15) is 0 Å². The van der Waals surface area contributed by atoms with Crippen LogP contribution < -0.4 is 10.1 Å². The fraction of sp³-hybridized carbons (Fsp3) is 0.417. The number of ether oxygens (including phenoxy) is 1. The van der Waals surface area contributed by atoms with Gasteiger partial charge < -0.3 is 15.2 Å². The van der Waals surface area contributed by atoms with Crippen LogP contribution in [0.3, 0.4) is 0 Å². The van der Waals surface area contributed by atoms with E-state index >= 15 is 0 Å². The number of aliphatic carboxylic acids is 1. The number of pyridine rings is 1. The van der Waals surface area contributed by atoms with Gasteiger partial charge in [-0.05, 0) is 26.8 Å². The Morgan fingerprint density at radius 1 is 1.33 bits per heavy atom. The molecule has 1 aromatic rings. The molecular weight excluding hydrogens is 236 g/mol. The molecule has 0 aliphatic rings. The number of nitrogens with one attached hydrogen (secondary N) is 1. The first-order valence-corrected chi connectivity index (χ1v) is 5.56. The molecule has 0 bridgehead atoms. The van der Waals surface area contributed by atoms with Gasteiger partial charge in [-0.15, -0.1) is 0 Å². The first kappa shape index (κ1) is 14.0. The number of carboxylic acids is 1. The fourth-order valence-corrected chi connectivity index (χ4v) is 1.17. The molecule has 2 N–H and O–H groups in total. The van der Waals surface area contributed by atoms with Crippen molar-refractivity contribution in [2.75, 3.05) is 0 Å². The summed E-state index contributed by atoms with van der Waals surface area (Å²) in [7, 11) is 0. The summed E-state index contributed by atoms with van der Waals surface area (Å²) in [5.74, 6) is -1.14. The number of aromatic nitrogens is 1.